The maximum Gasteiger partial charge on any atom is 0.174 e. The average Bonchev–Trinajstić information content (AvgIpc) is 3.17. The van der Waals surface area contributed by atoms with E-state index in [0.29, 0.717) is 0 Å². The maximum atomic E-state index is 4.53. The predicted octanol–water partition coefficient (Wildman–Crippen LogP) is 1.79. The Morgan fingerprint density at radius 3 is 2.80 bits per heavy atom. The molecule has 1 atom stereocenters. The summed E-state index contributed by atoms with van der Waals surface area (Å²) in [6.45, 7) is 2.00. The van der Waals surface area contributed by atoms with E-state index in [0.717, 1.165) is 24.5 Å². The molecule has 0 saturated heterocycles. The predicted molar refractivity (Wildman–Crippen MR) is 74.1 cm³/mol. The molecule has 0 unspecified atom stereocenters. The van der Waals surface area contributed by atoms with Crippen LogP contribution in [0, 0.1) is 0 Å². The zero-order chi connectivity index (χ0) is 13.8. The van der Waals surface area contributed by atoms with Gasteiger partial charge in [0, 0.05) is 6.42 Å². The number of H-pyrrole nitrogens is 1. The Kier molecular flexibility index (Phi) is 3.54. The van der Waals surface area contributed by atoms with Gasteiger partial charge >= 0.3 is 0 Å². The van der Waals surface area contributed by atoms with E-state index in [-0.39, 0.29) is 6.04 Å². The van der Waals surface area contributed by atoms with E-state index < -0.39 is 0 Å². The van der Waals surface area contributed by atoms with Crippen molar-refractivity contribution in [2.75, 3.05) is 0 Å². The number of rotatable bonds is 5. The Morgan fingerprint density at radius 1 is 1.20 bits per heavy atom. The lowest BCUT2D eigenvalue weighted by Gasteiger charge is -2.05. The molecule has 6 heteroatoms. The molecule has 6 nitrogen and oxygen atoms in total. The smallest absolute Gasteiger partial charge is 0.174 e. The van der Waals surface area contributed by atoms with Gasteiger partial charge in [-0.05, 0) is 18.9 Å². The van der Waals surface area contributed by atoms with Crippen LogP contribution in [0.3, 0.4) is 0 Å². The van der Waals surface area contributed by atoms with E-state index in [1.807, 2.05) is 25.1 Å². The number of aromatic nitrogens is 6. The lowest BCUT2D eigenvalue weighted by molar-refractivity contribution is 0.536. The normalized spacial score (nSPS) is 12.4. The lowest BCUT2D eigenvalue weighted by Crippen LogP contribution is -2.09. The molecule has 0 spiro atoms. The highest BCUT2D eigenvalue weighted by molar-refractivity contribution is 5.15. The number of hydrogen-bond acceptors (Lipinski definition) is 4. The summed E-state index contributed by atoms with van der Waals surface area (Å²) in [5.74, 6) is 1.63. The van der Waals surface area contributed by atoms with Crippen molar-refractivity contribution >= 4 is 0 Å². The Labute approximate surface area is 116 Å². The van der Waals surface area contributed by atoms with E-state index in [1.165, 1.54) is 11.9 Å². The van der Waals surface area contributed by atoms with Crippen LogP contribution in [-0.2, 0) is 12.8 Å². The van der Waals surface area contributed by atoms with E-state index >= 15 is 0 Å². The first kappa shape index (κ1) is 12.5. The molecular formula is C14H16N6. The zero-order valence-electron chi connectivity index (χ0n) is 11.3. The first-order chi connectivity index (χ1) is 9.83. The van der Waals surface area contributed by atoms with Crippen molar-refractivity contribution < 1.29 is 0 Å². The van der Waals surface area contributed by atoms with Gasteiger partial charge in [0.2, 0.25) is 0 Å². The van der Waals surface area contributed by atoms with Gasteiger partial charge in [-0.1, -0.05) is 30.3 Å². The number of nitrogens with one attached hydrogen (secondary N) is 1. The molecule has 3 aromatic rings. The van der Waals surface area contributed by atoms with Gasteiger partial charge in [0.15, 0.2) is 5.82 Å². The summed E-state index contributed by atoms with van der Waals surface area (Å²) < 4.78 is 1.74. The minimum atomic E-state index is -0.0146. The van der Waals surface area contributed by atoms with Gasteiger partial charge in [-0.25, -0.2) is 14.6 Å². The van der Waals surface area contributed by atoms with E-state index in [4.69, 9.17) is 0 Å². The summed E-state index contributed by atoms with van der Waals surface area (Å²) in [6.07, 6.45) is 4.98. The molecule has 0 aliphatic heterocycles. The third kappa shape index (κ3) is 2.74. The highest BCUT2D eigenvalue weighted by Crippen LogP contribution is 2.12. The van der Waals surface area contributed by atoms with Gasteiger partial charge < -0.3 is 0 Å². The Morgan fingerprint density at radius 2 is 2.05 bits per heavy atom. The summed E-state index contributed by atoms with van der Waals surface area (Å²) in [4.78, 5) is 8.46. The second kappa shape index (κ2) is 5.64. The van der Waals surface area contributed by atoms with Crippen LogP contribution < -0.4 is 0 Å². The molecule has 0 saturated carbocycles. The van der Waals surface area contributed by atoms with Crippen molar-refractivity contribution in [2.45, 2.75) is 25.8 Å². The van der Waals surface area contributed by atoms with Crippen LogP contribution in [0.5, 0.6) is 0 Å². The monoisotopic (exact) mass is 268 g/mol. The van der Waals surface area contributed by atoms with Crippen molar-refractivity contribution in [1.82, 2.24) is 29.9 Å². The molecule has 0 radical (unpaired) electrons. The molecule has 0 aliphatic rings. The Hall–Kier alpha value is -2.50. The summed E-state index contributed by atoms with van der Waals surface area (Å²) in [5, 5.41) is 11.4. The minimum absolute atomic E-state index is 0.0146. The van der Waals surface area contributed by atoms with Gasteiger partial charge in [0.1, 0.15) is 24.5 Å². The van der Waals surface area contributed by atoms with Crippen LogP contribution in [-0.4, -0.2) is 29.9 Å². The fraction of sp³-hybridized carbons (Fsp3) is 0.286. The highest BCUT2D eigenvalue weighted by Gasteiger charge is 2.13. The molecule has 1 N–H and O–H groups in total. The number of benzene rings is 1. The van der Waals surface area contributed by atoms with Gasteiger partial charge in [0.25, 0.3) is 0 Å². The fourth-order valence-electron chi connectivity index (χ4n) is 2.05. The zero-order valence-corrected chi connectivity index (χ0v) is 11.3. The lowest BCUT2D eigenvalue weighted by atomic mass is 10.1. The second-order valence-electron chi connectivity index (χ2n) is 4.68. The van der Waals surface area contributed by atoms with Crippen LogP contribution in [0.1, 0.15) is 30.2 Å². The second-order valence-corrected chi connectivity index (χ2v) is 4.68. The van der Waals surface area contributed by atoms with E-state index in [9.17, 15) is 0 Å². The molecule has 0 fully saturated rings. The summed E-state index contributed by atoms with van der Waals surface area (Å²) in [7, 11) is 0. The molecule has 20 heavy (non-hydrogen) atoms. The molecule has 0 bridgehead atoms. The van der Waals surface area contributed by atoms with E-state index in [2.05, 4.69) is 37.4 Å². The molecule has 2 aromatic heterocycles. The number of aryl methyl sites for hydroxylation is 2. The number of hydrogen-bond donors (Lipinski definition) is 1. The quantitative estimate of drug-likeness (QED) is 0.765. The summed E-state index contributed by atoms with van der Waals surface area (Å²) in [5.41, 5.74) is 1.30. The molecule has 3 rings (SSSR count). The van der Waals surface area contributed by atoms with Crippen LogP contribution in [0.2, 0.25) is 0 Å². The molecule has 2 heterocycles. The van der Waals surface area contributed by atoms with Gasteiger partial charge in [0.05, 0.1) is 0 Å². The third-order valence-electron chi connectivity index (χ3n) is 3.25. The molecule has 102 valence electrons. The van der Waals surface area contributed by atoms with Crippen LogP contribution in [0.15, 0.2) is 43.0 Å². The van der Waals surface area contributed by atoms with Crippen molar-refractivity contribution in [2.24, 2.45) is 0 Å². The number of nitrogens with zero attached hydrogens (tertiary/aromatic N) is 5. The standard InChI is InChI=1S/C14H16N6/c1-11(20-10-15-9-16-20)14-17-13(18-19-14)8-7-12-5-3-2-4-6-12/h2-6,9-11H,7-8H2,1H3,(H,17,18,19)/t11-/m0/s1. The topological polar surface area (TPSA) is 72.3 Å². The Balaban J connectivity index is 1.65. The average molecular weight is 268 g/mol. The third-order valence-corrected chi connectivity index (χ3v) is 3.25. The summed E-state index contributed by atoms with van der Waals surface area (Å²) in [6, 6.07) is 10.3. The van der Waals surface area contributed by atoms with Crippen molar-refractivity contribution in [3.05, 3.63) is 60.2 Å². The first-order valence-electron chi connectivity index (χ1n) is 6.62. The Bertz CT molecular complexity index is 643. The number of aromatic amines is 1. The van der Waals surface area contributed by atoms with Gasteiger partial charge in [-0.15, -0.1) is 0 Å². The molecule has 0 amide bonds. The SMILES string of the molecule is C[C@@H](c1n[nH]c(CCc2ccccc2)n1)n1cncn1. The van der Waals surface area contributed by atoms with Crippen molar-refractivity contribution in [3.63, 3.8) is 0 Å². The van der Waals surface area contributed by atoms with Gasteiger partial charge in [-0.3, -0.25) is 5.10 Å². The largest absolute Gasteiger partial charge is 0.263 e. The van der Waals surface area contributed by atoms with Crippen molar-refractivity contribution in [1.29, 1.82) is 0 Å². The minimum Gasteiger partial charge on any atom is -0.263 e. The van der Waals surface area contributed by atoms with Crippen LogP contribution in [0.4, 0.5) is 0 Å². The van der Waals surface area contributed by atoms with Crippen LogP contribution in [0.25, 0.3) is 0 Å². The maximum absolute atomic E-state index is 4.53. The molecule has 0 aliphatic carbocycles. The van der Waals surface area contributed by atoms with Crippen LogP contribution >= 0.6 is 0 Å². The molecule has 1 aromatic carbocycles. The van der Waals surface area contributed by atoms with Gasteiger partial charge in [-0.2, -0.15) is 10.2 Å². The van der Waals surface area contributed by atoms with Crippen molar-refractivity contribution in [3.8, 4) is 0 Å². The highest BCUT2D eigenvalue weighted by atomic mass is 15.4. The van der Waals surface area contributed by atoms with E-state index in [1.54, 1.807) is 11.0 Å². The summed E-state index contributed by atoms with van der Waals surface area (Å²) >= 11 is 0. The fourth-order valence-corrected chi connectivity index (χ4v) is 2.05. The molecular weight excluding hydrogens is 252 g/mol. The first-order valence-corrected chi connectivity index (χ1v) is 6.62.